The highest BCUT2D eigenvalue weighted by Gasteiger charge is 2.34. The predicted octanol–water partition coefficient (Wildman–Crippen LogP) is 1.01. The van der Waals surface area contributed by atoms with Gasteiger partial charge in [0.05, 0.1) is 17.7 Å². The minimum Gasteiger partial charge on any atom is -0.380 e. The number of ether oxygens (including phenoxy) is 1. The Morgan fingerprint density at radius 3 is 2.91 bits per heavy atom. The Labute approximate surface area is 131 Å². The van der Waals surface area contributed by atoms with Crippen LogP contribution in [0.2, 0.25) is 0 Å². The minimum atomic E-state index is -4.47. The number of pyridine rings is 1. The molecule has 1 aliphatic rings. The van der Waals surface area contributed by atoms with E-state index in [0.29, 0.717) is 13.0 Å². The number of anilines is 1. The van der Waals surface area contributed by atoms with Crippen LogP contribution in [0.25, 0.3) is 0 Å². The molecule has 2 rings (SSSR count). The van der Waals surface area contributed by atoms with Crippen LogP contribution in [0.3, 0.4) is 0 Å². The van der Waals surface area contributed by atoms with Crippen LogP contribution in [0.4, 0.5) is 19.0 Å². The zero-order chi connectivity index (χ0) is 16.9. The van der Waals surface area contributed by atoms with Gasteiger partial charge >= 0.3 is 6.18 Å². The zero-order valence-corrected chi connectivity index (χ0v) is 12.6. The summed E-state index contributed by atoms with van der Waals surface area (Å²) in [5, 5.41) is 8.29. The molecule has 0 saturated carbocycles. The maximum atomic E-state index is 12.8. The lowest BCUT2D eigenvalue weighted by atomic mass is 10.2. The fourth-order valence-corrected chi connectivity index (χ4v) is 2.35. The molecule has 6 nitrogen and oxygen atoms in total. The number of carbonyl (C=O) groups is 1. The summed E-state index contributed by atoms with van der Waals surface area (Å²) in [5.74, 6) is -0.434. The third kappa shape index (κ3) is 4.80. The molecule has 3 N–H and O–H groups in total. The van der Waals surface area contributed by atoms with Crippen LogP contribution in [-0.2, 0) is 15.7 Å². The monoisotopic (exact) mass is 332 g/mol. The summed E-state index contributed by atoms with van der Waals surface area (Å²) in [6, 6.07) is 1.86. The van der Waals surface area contributed by atoms with Gasteiger partial charge in [0, 0.05) is 32.9 Å². The van der Waals surface area contributed by atoms with Gasteiger partial charge in [0.1, 0.15) is 5.82 Å². The molecule has 2 atom stereocenters. The van der Waals surface area contributed by atoms with Crippen molar-refractivity contribution in [3.63, 3.8) is 0 Å². The number of carbonyl (C=O) groups excluding carboxylic acids is 1. The third-order valence-electron chi connectivity index (χ3n) is 3.57. The summed E-state index contributed by atoms with van der Waals surface area (Å²) in [6.07, 6.45) is -2.60. The fraction of sp³-hybridized carbons (Fsp3) is 0.571. The first-order valence-electron chi connectivity index (χ1n) is 7.21. The second-order valence-corrected chi connectivity index (χ2v) is 5.17. The summed E-state index contributed by atoms with van der Waals surface area (Å²) in [6.45, 7) is 0.949. The second-order valence-electron chi connectivity index (χ2n) is 5.17. The van der Waals surface area contributed by atoms with Gasteiger partial charge in [-0.25, -0.2) is 4.98 Å². The third-order valence-corrected chi connectivity index (χ3v) is 3.57. The Balaban J connectivity index is 1.77. The van der Waals surface area contributed by atoms with E-state index in [0.717, 1.165) is 6.07 Å². The second kappa shape index (κ2) is 7.60. The molecule has 0 unspecified atom stereocenters. The molecule has 1 aliphatic heterocycles. The SMILES string of the molecule is CO[C@@H]1CN[C@H](C(=O)NCCNc2ncccc2C(F)(F)F)C1. The molecule has 9 heteroatoms. The van der Waals surface area contributed by atoms with Crippen LogP contribution >= 0.6 is 0 Å². The van der Waals surface area contributed by atoms with Crippen molar-refractivity contribution in [1.29, 1.82) is 0 Å². The first kappa shape index (κ1) is 17.5. The molecule has 1 amide bonds. The normalized spacial score (nSPS) is 21.2. The number of nitrogens with zero attached hydrogens (tertiary/aromatic N) is 1. The molecule has 0 radical (unpaired) electrons. The van der Waals surface area contributed by atoms with Crippen LogP contribution in [0.1, 0.15) is 12.0 Å². The molecule has 1 aromatic heterocycles. The summed E-state index contributed by atoms with van der Waals surface area (Å²) in [4.78, 5) is 15.6. The zero-order valence-electron chi connectivity index (χ0n) is 12.6. The standard InChI is InChI=1S/C14H19F3N4O2/c1-23-9-7-11(21-8-9)13(22)20-6-5-19-12-10(14(15,16)17)3-2-4-18-12/h2-4,9,11,21H,5-8H2,1H3,(H,18,19)(H,20,22)/t9-,11-/m0/s1. The Hall–Kier alpha value is -1.87. The highest BCUT2D eigenvalue weighted by molar-refractivity contribution is 5.82. The van der Waals surface area contributed by atoms with Crippen molar-refractivity contribution in [3.8, 4) is 0 Å². The number of nitrogens with one attached hydrogen (secondary N) is 3. The summed E-state index contributed by atoms with van der Waals surface area (Å²) in [7, 11) is 1.58. The van der Waals surface area contributed by atoms with Crippen molar-refractivity contribution in [1.82, 2.24) is 15.6 Å². The van der Waals surface area contributed by atoms with Gasteiger partial charge in [0.15, 0.2) is 0 Å². The number of hydrogen-bond acceptors (Lipinski definition) is 5. The van der Waals surface area contributed by atoms with E-state index >= 15 is 0 Å². The van der Waals surface area contributed by atoms with E-state index in [4.69, 9.17) is 4.74 Å². The van der Waals surface area contributed by atoms with Gasteiger partial charge in [-0.05, 0) is 18.6 Å². The largest absolute Gasteiger partial charge is 0.419 e. The Morgan fingerprint density at radius 1 is 1.48 bits per heavy atom. The molecule has 128 valence electrons. The number of aromatic nitrogens is 1. The van der Waals surface area contributed by atoms with Crippen molar-refractivity contribution in [2.45, 2.75) is 24.7 Å². The average Bonchev–Trinajstić information content (AvgIpc) is 3.00. The number of methoxy groups -OCH3 is 1. The van der Waals surface area contributed by atoms with Crippen molar-refractivity contribution >= 4 is 11.7 Å². The van der Waals surface area contributed by atoms with Crippen molar-refractivity contribution < 1.29 is 22.7 Å². The Morgan fingerprint density at radius 2 is 2.26 bits per heavy atom. The first-order valence-corrected chi connectivity index (χ1v) is 7.21. The molecule has 2 heterocycles. The number of rotatable bonds is 6. The van der Waals surface area contributed by atoms with Gasteiger partial charge in [0.25, 0.3) is 0 Å². The molecule has 1 aromatic rings. The fourth-order valence-electron chi connectivity index (χ4n) is 2.35. The minimum absolute atomic E-state index is 0.00624. The summed E-state index contributed by atoms with van der Waals surface area (Å²) >= 11 is 0. The van der Waals surface area contributed by atoms with Crippen LogP contribution in [-0.4, -0.2) is 49.8 Å². The number of alkyl halides is 3. The molecule has 1 fully saturated rings. The van der Waals surface area contributed by atoms with E-state index in [1.807, 2.05) is 0 Å². The molecule has 0 bridgehead atoms. The van der Waals surface area contributed by atoms with Gasteiger partial charge in [-0.15, -0.1) is 0 Å². The predicted molar refractivity (Wildman–Crippen MR) is 77.9 cm³/mol. The van der Waals surface area contributed by atoms with E-state index in [-0.39, 0.29) is 37.0 Å². The van der Waals surface area contributed by atoms with Crippen LogP contribution < -0.4 is 16.0 Å². The topological polar surface area (TPSA) is 75.3 Å². The maximum Gasteiger partial charge on any atom is 0.419 e. The van der Waals surface area contributed by atoms with Crippen molar-refractivity contribution in [3.05, 3.63) is 23.9 Å². The van der Waals surface area contributed by atoms with Crippen LogP contribution in [0.15, 0.2) is 18.3 Å². The summed E-state index contributed by atoms with van der Waals surface area (Å²) < 4.78 is 43.5. The van der Waals surface area contributed by atoms with Gasteiger partial charge < -0.3 is 20.7 Å². The number of halogens is 3. The molecule has 0 aliphatic carbocycles. The van der Waals surface area contributed by atoms with Gasteiger partial charge in [-0.2, -0.15) is 13.2 Å². The van der Waals surface area contributed by atoms with E-state index in [9.17, 15) is 18.0 Å². The molecular formula is C14H19F3N4O2. The van der Waals surface area contributed by atoms with Crippen molar-refractivity contribution in [2.75, 3.05) is 32.1 Å². The lowest BCUT2D eigenvalue weighted by Crippen LogP contribution is -2.42. The lowest BCUT2D eigenvalue weighted by Gasteiger charge is -2.14. The van der Waals surface area contributed by atoms with E-state index in [1.54, 1.807) is 7.11 Å². The number of hydrogen-bond donors (Lipinski definition) is 3. The molecule has 23 heavy (non-hydrogen) atoms. The first-order chi connectivity index (χ1) is 10.9. The van der Waals surface area contributed by atoms with E-state index < -0.39 is 11.7 Å². The smallest absolute Gasteiger partial charge is 0.380 e. The Bertz CT molecular complexity index is 539. The summed E-state index contributed by atoms with van der Waals surface area (Å²) in [5.41, 5.74) is -0.827. The van der Waals surface area contributed by atoms with Crippen LogP contribution in [0.5, 0.6) is 0 Å². The highest BCUT2D eigenvalue weighted by Crippen LogP contribution is 2.33. The molecule has 0 aromatic carbocycles. The van der Waals surface area contributed by atoms with Gasteiger partial charge in [-0.3, -0.25) is 4.79 Å². The van der Waals surface area contributed by atoms with Crippen molar-refractivity contribution in [2.24, 2.45) is 0 Å². The molecule has 0 spiro atoms. The van der Waals surface area contributed by atoms with Crippen LogP contribution in [0, 0.1) is 0 Å². The lowest BCUT2D eigenvalue weighted by molar-refractivity contribution is -0.137. The maximum absolute atomic E-state index is 12.8. The highest BCUT2D eigenvalue weighted by atomic mass is 19.4. The quantitative estimate of drug-likeness (QED) is 0.678. The molecular weight excluding hydrogens is 313 g/mol. The average molecular weight is 332 g/mol. The Kier molecular flexibility index (Phi) is 5.78. The number of amides is 1. The molecule has 1 saturated heterocycles. The van der Waals surface area contributed by atoms with E-state index in [1.165, 1.54) is 12.3 Å². The van der Waals surface area contributed by atoms with Gasteiger partial charge in [0.2, 0.25) is 5.91 Å². The van der Waals surface area contributed by atoms with Gasteiger partial charge in [-0.1, -0.05) is 0 Å². The van der Waals surface area contributed by atoms with E-state index in [2.05, 4.69) is 20.9 Å².